The zero-order chi connectivity index (χ0) is 10.7. The van der Waals surface area contributed by atoms with Crippen molar-refractivity contribution in [1.82, 2.24) is 4.90 Å². The molecule has 1 saturated heterocycles. The fraction of sp³-hybridized carbons (Fsp3) is 0.667. The van der Waals surface area contributed by atoms with E-state index in [1.165, 1.54) is 0 Å². The van der Waals surface area contributed by atoms with Crippen LogP contribution in [0, 0.1) is 0 Å². The molecule has 1 heterocycles. The molecule has 0 aromatic rings. The summed E-state index contributed by atoms with van der Waals surface area (Å²) in [6.45, 7) is 1.89. The van der Waals surface area contributed by atoms with Gasteiger partial charge in [-0.3, -0.25) is 9.59 Å². The topological polar surface area (TPSA) is 74.7 Å². The van der Waals surface area contributed by atoms with Crippen LogP contribution in [0.3, 0.4) is 0 Å². The number of nitrogens with zero attached hydrogens (tertiary/aromatic N) is 1. The number of amides is 2. The zero-order valence-corrected chi connectivity index (χ0v) is 8.02. The van der Waals surface area contributed by atoms with Crippen molar-refractivity contribution in [3.63, 3.8) is 0 Å². The Kier molecular flexibility index (Phi) is 3.22. The smallest absolute Gasteiger partial charge is 0.414 e. The monoisotopic (exact) mass is 199 g/mol. The normalized spacial score (nSPS) is 22.6. The number of hydrogen-bond donors (Lipinski definition) is 1. The SMILES string of the molecule is CCCC1CC(=O)CC(=O)N1C(=O)O. The Morgan fingerprint density at radius 1 is 1.57 bits per heavy atom. The van der Waals surface area contributed by atoms with Gasteiger partial charge in [-0.25, -0.2) is 9.69 Å². The van der Waals surface area contributed by atoms with Crippen molar-refractivity contribution >= 4 is 17.8 Å². The lowest BCUT2D eigenvalue weighted by atomic mass is 9.97. The Balaban J connectivity index is 2.80. The summed E-state index contributed by atoms with van der Waals surface area (Å²) in [5.74, 6) is -0.752. The zero-order valence-electron chi connectivity index (χ0n) is 8.02. The van der Waals surface area contributed by atoms with Crippen molar-refractivity contribution in [2.75, 3.05) is 0 Å². The first-order valence-corrected chi connectivity index (χ1v) is 4.63. The van der Waals surface area contributed by atoms with Gasteiger partial charge in [-0.2, -0.15) is 0 Å². The van der Waals surface area contributed by atoms with Gasteiger partial charge in [-0.15, -0.1) is 0 Å². The highest BCUT2D eigenvalue weighted by Gasteiger charge is 2.36. The molecule has 1 aliphatic rings. The second kappa shape index (κ2) is 4.21. The van der Waals surface area contributed by atoms with Gasteiger partial charge in [-0.1, -0.05) is 13.3 Å². The first-order chi connectivity index (χ1) is 6.56. The first kappa shape index (κ1) is 10.7. The molecule has 1 atom stereocenters. The van der Waals surface area contributed by atoms with Crippen LogP contribution < -0.4 is 0 Å². The number of carbonyl (C=O) groups excluding carboxylic acids is 2. The molecule has 0 aromatic carbocycles. The molecule has 0 spiro atoms. The van der Waals surface area contributed by atoms with Crippen molar-refractivity contribution in [3.8, 4) is 0 Å². The maximum Gasteiger partial charge on any atom is 0.414 e. The number of imide groups is 1. The Morgan fingerprint density at radius 2 is 2.21 bits per heavy atom. The van der Waals surface area contributed by atoms with Gasteiger partial charge in [0.25, 0.3) is 0 Å². The quantitative estimate of drug-likeness (QED) is 0.674. The molecule has 1 aliphatic heterocycles. The van der Waals surface area contributed by atoms with Crippen LogP contribution in [-0.2, 0) is 9.59 Å². The van der Waals surface area contributed by atoms with Gasteiger partial charge in [0, 0.05) is 12.5 Å². The van der Waals surface area contributed by atoms with E-state index in [9.17, 15) is 14.4 Å². The molecule has 1 N–H and O–H groups in total. The van der Waals surface area contributed by atoms with Crippen LogP contribution in [0.4, 0.5) is 4.79 Å². The van der Waals surface area contributed by atoms with Crippen molar-refractivity contribution in [3.05, 3.63) is 0 Å². The summed E-state index contributed by atoms with van der Waals surface area (Å²) in [6.07, 6.45) is -0.0297. The fourth-order valence-electron chi connectivity index (χ4n) is 1.71. The maximum absolute atomic E-state index is 11.3. The van der Waals surface area contributed by atoms with E-state index in [4.69, 9.17) is 5.11 Å². The van der Waals surface area contributed by atoms with Crippen LogP contribution in [0.15, 0.2) is 0 Å². The minimum Gasteiger partial charge on any atom is -0.465 e. The predicted octanol–water partition coefficient (Wildman–Crippen LogP) is 1.02. The van der Waals surface area contributed by atoms with Gasteiger partial charge in [0.2, 0.25) is 5.91 Å². The van der Waals surface area contributed by atoms with E-state index in [0.717, 1.165) is 11.3 Å². The molecule has 14 heavy (non-hydrogen) atoms. The molecule has 1 unspecified atom stereocenters. The Morgan fingerprint density at radius 3 is 2.71 bits per heavy atom. The first-order valence-electron chi connectivity index (χ1n) is 4.63. The Labute approximate surface area is 81.7 Å². The third-order valence-corrected chi connectivity index (χ3v) is 2.27. The van der Waals surface area contributed by atoms with Gasteiger partial charge in [0.1, 0.15) is 5.78 Å². The minimum absolute atomic E-state index is 0.161. The maximum atomic E-state index is 11.3. The van der Waals surface area contributed by atoms with Crippen LogP contribution in [0.1, 0.15) is 32.6 Å². The van der Waals surface area contributed by atoms with E-state index in [1.807, 2.05) is 6.92 Å². The van der Waals surface area contributed by atoms with E-state index in [2.05, 4.69) is 0 Å². The van der Waals surface area contributed by atoms with Crippen molar-refractivity contribution < 1.29 is 19.5 Å². The van der Waals surface area contributed by atoms with Crippen LogP contribution >= 0.6 is 0 Å². The number of piperidine rings is 1. The third kappa shape index (κ3) is 2.10. The summed E-state index contributed by atoms with van der Waals surface area (Å²) in [5.41, 5.74) is 0. The molecule has 1 fully saturated rings. The van der Waals surface area contributed by atoms with E-state index in [-0.39, 0.29) is 18.6 Å². The number of likely N-dealkylation sites (tertiary alicyclic amines) is 1. The molecule has 0 saturated carbocycles. The van der Waals surface area contributed by atoms with Crippen molar-refractivity contribution in [1.29, 1.82) is 0 Å². The number of hydrogen-bond acceptors (Lipinski definition) is 3. The minimum atomic E-state index is -1.25. The third-order valence-electron chi connectivity index (χ3n) is 2.27. The summed E-state index contributed by atoms with van der Waals surface area (Å²) in [4.78, 5) is 33.9. The fourth-order valence-corrected chi connectivity index (χ4v) is 1.71. The second-order valence-electron chi connectivity index (χ2n) is 3.41. The van der Waals surface area contributed by atoms with Gasteiger partial charge in [0.05, 0.1) is 6.42 Å². The van der Waals surface area contributed by atoms with Crippen LogP contribution in [0.5, 0.6) is 0 Å². The van der Waals surface area contributed by atoms with Gasteiger partial charge in [0.15, 0.2) is 0 Å². The Hall–Kier alpha value is -1.39. The molecule has 2 amide bonds. The molecule has 0 radical (unpaired) electrons. The van der Waals surface area contributed by atoms with Crippen LogP contribution in [0.25, 0.3) is 0 Å². The number of rotatable bonds is 2. The van der Waals surface area contributed by atoms with E-state index in [0.29, 0.717) is 6.42 Å². The van der Waals surface area contributed by atoms with E-state index >= 15 is 0 Å². The van der Waals surface area contributed by atoms with Gasteiger partial charge < -0.3 is 5.11 Å². The molecule has 78 valence electrons. The summed E-state index contributed by atoms with van der Waals surface area (Å²) in [5, 5.41) is 8.79. The number of ketones is 1. The van der Waals surface area contributed by atoms with Gasteiger partial charge >= 0.3 is 6.09 Å². The molecule has 0 bridgehead atoms. The summed E-state index contributed by atoms with van der Waals surface area (Å²) in [6, 6.07) is -0.453. The number of carboxylic acid groups (broad SMARTS) is 1. The lowest BCUT2D eigenvalue weighted by Crippen LogP contribution is -2.49. The highest BCUT2D eigenvalue weighted by molar-refractivity contribution is 6.06. The molecular formula is C9H13NO4. The van der Waals surface area contributed by atoms with Crippen LogP contribution in [0.2, 0.25) is 0 Å². The van der Waals surface area contributed by atoms with E-state index in [1.54, 1.807) is 0 Å². The molecular weight excluding hydrogens is 186 g/mol. The second-order valence-corrected chi connectivity index (χ2v) is 3.41. The van der Waals surface area contributed by atoms with Gasteiger partial charge in [-0.05, 0) is 6.42 Å². The highest BCUT2D eigenvalue weighted by atomic mass is 16.4. The average molecular weight is 199 g/mol. The van der Waals surface area contributed by atoms with E-state index < -0.39 is 18.0 Å². The lowest BCUT2D eigenvalue weighted by Gasteiger charge is -2.30. The summed E-state index contributed by atoms with van der Waals surface area (Å²) >= 11 is 0. The molecule has 1 rings (SSSR count). The molecule has 0 aromatic heterocycles. The average Bonchev–Trinajstić information content (AvgIpc) is 2.01. The van der Waals surface area contributed by atoms with Crippen LogP contribution in [-0.4, -0.2) is 33.8 Å². The molecule has 0 aliphatic carbocycles. The standard InChI is InChI=1S/C9H13NO4/c1-2-3-6-4-7(11)5-8(12)10(6)9(13)14/h6H,2-5H2,1H3,(H,13,14). The molecule has 5 nitrogen and oxygen atoms in total. The Bertz CT molecular complexity index is 274. The summed E-state index contributed by atoms with van der Waals surface area (Å²) in [7, 11) is 0. The number of Topliss-reactive ketones (excluding diaryl/α,β-unsaturated/α-hetero) is 1. The molecule has 5 heteroatoms. The number of carbonyl (C=O) groups is 3. The lowest BCUT2D eigenvalue weighted by molar-refractivity contribution is -0.140. The largest absolute Gasteiger partial charge is 0.465 e. The van der Waals surface area contributed by atoms with Crippen molar-refractivity contribution in [2.45, 2.75) is 38.6 Å². The van der Waals surface area contributed by atoms with Crippen molar-refractivity contribution in [2.24, 2.45) is 0 Å². The predicted molar refractivity (Wildman–Crippen MR) is 47.8 cm³/mol. The summed E-state index contributed by atoms with van der Waals surface area (Å²) < 4.78 is 0. The highest BCUT2D eigenvalue weighted by Crippen LogP contribution is 2.19.